The van der Waals surface area contributed by atoms with Crippen molar-refractivity contribution in [1.82, 2.24) is 0 Å². The number of nitrogens with one attached hydrogen (secondary N) is 1. The van der Waals surface area contributed by atoms with Gasteiger partial charge in [0.2, 0.25) is 0 Å². The molecule has 2 aromatic carbocycles. The zero-order valence-corrected chi connectivity index (χ0v) is 14.8. The molecule has 24 heavy (non-hydrogen) atoms. The number of hydrogen-bond donors (Lipinski definition) is 2. The topological polar surface area (TPSA) is 131 Å². The zero-order valence-electron chi connectivity index (χ0n) is 11.6. The second-order valence-electron chi connectivity index (χ2n) is 4.41. The molecule has 0 fully saturated rings. The van der Waals surface area contributed by atoms with E-state index in [0.29, 0.717) is 14.5 Å². The highest BCUT2D eigenvalue weighted by molar-refractivity contribution is 9.11. The molecule has 0 amide bonds. The first-order chi connectivity index (χ1) is 11.3. The van der Waals surface area contributed by atoms with Gasteiger partial charge in [-0.05, 0) is 34.1 Å². The molecule has 0 radical (unpaired) electrons. The highest BCUT2D eigenvalue weighted by Gasteiger charge is 2.19. The van der Waals surface area contributed by atoms with Crippen molar-refractivity contribution >= 4 is 55.1 Å². The first-order valence-electron chi connectivity index (χ1n) is 6.19. The van der Waals surface area contributed by atoms with Crippen molar-refractivity contribution in [2.45, 2.75) is 0 Å². The van der Waals surface area contributed by atoms with Gasteiger partial charge in [-0.15, -0.1) is 0 Å². The van der Waals surface area contributed by atoms with Crippen molar-refractivity contribution in [3.8, 4) is 5.75 Å². The van der Waals surface area contributed by atoms with E-state index >= 15 is 0 Å². The molecule has 2 aromatic rings. The molecule has 2 N–H and O–H groups in total. The van der Waals surface area contributed by atoms with Crippen molar-refractivity contribution in [1.29, 1.82) is 0 Å². The van der Waals surface area contributed by atoms with Gasteiger partial charge in [0.15, 0.2) is 0 Å². The van der Waals surface area contributed by atoms with Crippen molar-refractivity contribution < 1.29 is 15.0 Å². The minimum absolute atomic E-state index is 0.0181. The number of phenols is 1. The van der Waals surface area contributed by atoms with Crippen LogP contribution in [-0.4, -0.2) is 21.2 Å². The van der Waals surface area contributed by atoms with E-state index in [1.807, 2.05) is 0 Å². The summed E-state index contributed by atoms with van der Waals surface area (Å²) in [6, 6.07) is 6.38. The molecule has 0 saturated heterocycles. The van der Waals surface area contributed by atoms with E-state index in [2.05, 4.69) is 42.4 Å². The highest BCUT2D eigenvalue weighted by Crippen LogP contribution is 2.31. The van der Waals surface area contributed by atoms with E-state index < -0.39 is 21.2 Å². The minimum atomic E-state index is -0.752. The third kappa shape index (κ3) is 4.06. The molecule has 124 valence electrons. The quantitative estimate of drug-likeness (QED) is 0.391. The van der Waals surface area contributed by atoms with Crippen LogP contribution in [0.1, 0.15) is 5.56 Å². The Bertz CT molecular complexity index is 856. The van der Waals surface area contributed by atoms with Gasteiger partial charge in [0, 0.05) is 16.1 Å². The van der Waals surface area contributed by atoms with E-state index in [1.54, 1.807) is 12.1 Å². The lowest BCUT2D eigenvalue weighted by atomic mass is 10.2. The number of hydrazone groups is 1. The van der Waals surface area contributed by atoms with Gasteiger partial charge in [0.25, 0.3) is 5.69 Å². The van der Waals surface area contributed by atoms with Crippen LogP contribution in [0.4, 0.5) is 17.1 Å². The molecule has 0 bridgehead atoms. The number of halogens is 2. The number of rotatable bonds is 5. The van der Waals surface area contributed by atoms with E-state index in [-0.39, 0.29) is 11.4 Å². The largest absolute Gasteiger partial charge is 0.506 e. The lowest BCUT2D eigenvalue weighted by Crippen LogP contribution is -1.99. The molecule has 0 aliphatic heterocycles. The van der Waals surface area contributed by atoms with Crippen LogP contribution in [0.5, 0.6) is 5.75 Å². The maximum Gasteiger partial charge on any atom is 0.301 e. The molecule has 2 rings (SSSR count). The second-order valence-corrected chi connectivity index (χ2v) is 6.18. The summed E-state index contributed by atoms with van der Waals surface area (Å²) >= 11 is 6.43. The number of anilines is 1. The number of hydrogen-bond acceptors (Lipinski definition) is 7. The van der Waals surface area contributed by atoms with Crippen molar-refractivity contribution in [2.24, 2.45) is 5.10 Å². The molecule has 0 aliphatic carbocycles. The second kappa shape index (κ2) is 7.36. The summed E-state index contributed by atoms with van der Waals surface area (Å²) in [4.78, 5) is 20.2. The summed E-state index contributed by atoms with van der Waals surface area (Å²) in [6.45, 7) is 0. The Labute approximate surface area is 151 Å². The fraction of sp³-hybridized carbons (Fsp3) is 0. The van der Waals surface area contributed by atoms with Crippen LogP contribution >= 0.6 is 31.9 Å². The third-order valence-corrected chi connectivity index (χ3v) is 3.90. The molecule has 0 unspecified atom stereocenters. The normalized spacial score (nSPS) is 10.8. The number of nitro groups is 2. The van der Waals surface area contributed by atoms with Gasteiger partial charge in [-0.2, -0.15) is 5.10 Å². The van der Waals surface area contributed by atoms with E-state index in [4.69, 9.17) is 0 Å². The van der Waals surface area contributed by atoms with Gasteiger partial charge in [-0.1, -0.05) is 15.9 Å². The number of phenolic OH excluding ortho intramolecular Hbond substituents is 1. The number of nitro benzene ring substituents is 2. The van der Waals surface area contributed by atoms with Gasteiger partial charge >= 0.3 is 5.69 Å². The van der Waals surface area contributed by atoms with Gasteiger partial charge in [-0.3, -0.25) is 25.7 Å². The summed E-state index contributed by atoms with van der Waals surface area (Å²) in [5.41, 5.74) is 1.89. The predicted octanol–water partition coefficient (Wildman–Crippen LogP) is 4.18. The summed E-state index contributed by atoms with van der Waals surface area (Å²) < 4.78 is 1.13. The number of nitrogens with zero attached hydrogens (tertiary/aromatic N) is 3. The molecule has 0 atom stereocenters. The third-order valence-electron chi connectivity index (χ3n) is 2.84. The first-order valence-corrected chi connectivity index (χ1v) is 7.78. The van der Waals surface area contributed by atoms with Crippen LogP contribution < -0.4 is 5.43 Å². The Hall–Kier alpha value is -2.53. The molecule has 0 spiro atoms. The smallest absolute Gasteiger partial charge is 0.301 e. The Morgan fingerprint density at radius 1 is 1.12 bits per heavy atom. The van der Waals surface area contributed by atoms with E-state index in [0.717, 1.165) is 12.1 Å². The molecule has 11 heteroatoms. The predicted molar refractivity (Wildman–Crippen MR) is 94.5 cm³/mol. The Balaban J connectivity index is 2.29. The van der Waals surface area contributed by atoms with Crippen LogP contribution in [0.15, 0.2) is 44.4 Å². The Morgan fingerprint density at radius 2 is 1.83 bits per heavy atom. The van der Waals surface area contributed by atoms with E-state index in [9.17, 15) is 25.3 Å². The molecule has 0 saturated carbocycles. The summed E-state index contributed by atoms with van der Waals surface area (Å²) in [5, 5.41) is 35.4. The van der Waals surface area contributed by atoms with E-state index in [1.165, 1.54) is 12.3 Å². The molecule has 0 aromatic heterocycles. The average Bonchev–Trinajstić information content (AvgIpc) is 2.51. The lowest BCUT2D eigenvalue weighted by molar-refractivity contribution is -0.393. The lowest BCUT2D eigenvalue weighted by Gasteiger charge is -2.04. The van der Waals surface area contributed by atoms with Crippen LogP contribution in [0, 0.1) is 20.2 Å². The van der Waals surface area contributed by atoms with Crippen molar-refractivity contribution in [3.05, 3.63) is 65.1 Å². The zero-order chi connectivity index (χ0) is 17.9. The van der Waals surface area contributed by atoms with Crippen LogP contribution in [-0.2, 0) is 0 Å². The molecular weight excluding hydrogens is 452 g/mol. The maximum atomic E-state index is 11.0. The van der Waals surface area contributed by atoms with Gasteiger partial charge in [-0.25, -0.2) is 0 Å². The number of non-ortho nitro benzene ring substituents is 1. The summed E-state index contributed by atoms with van der Waals surface area (Å²) in [7, 11) is 0. The van der Waals surface area contributed by atoms with Crippen molar-refractivity contribution in [3.63, 3.8) is 0 Å². The minimum Gasteiger partial charge on any atom is -0.506 e. The fourth-order valence-corrected chi connectivity index (χ4v) is 2.99. The standard InChI is InChI=1S/C13H8Br2N4O5/c14-8-3-7(13(20)10(15)4-8)6-16-17-11-2-1-9(18(21)22)5-12(11)19(23)24/h1-6,17,20H. The summed E-state index contributed by atoms with van der Waals surface area (Å²) in [5.74, 6) is -0.0538. The van der Waals surface area contributed by atoms with Crippen LogP contribution in [0.3, 0.4) is 0 Å². The average molecular weight is 460 g/mol. The summed E-state index contributed by atoms with van der Waals surface area (Å²) in [6.07, 6.45) is 1.26. The van der Waals surface area contributed by atoms with Crippen LogP contribution in [0.25, 0.3) is 0 Å². The molecular formula is C13H8Br2N4O5. The molecule has 0 aliphatic rings. The SMILES string of the molecule is O=[N+]([O-])c1ccc(NN=Cc2cc(Br)cc(Br)c2O)c([N+](=O)[O-])c1. The Morgan fingerprint density at radius 3 is 2.46 bits per heavy atom. The maximum absolute atomic E-state index is 11.0. The highest BCUT2D eigenvalue weighted by atomic mass is 79.9. The number of benzene rings is 2. The molecule has 9 nitrogen and oxygen atoms in total. The first kappa shape index (κ1) is 17.8. The van der Waals surface area contributed by atoms with Gasteiger partial charge in [0.05, 0.1) is 26.6 Å². The monoisotopic (exact) mass is 458 g/mol. The van der Waals surface area contributed by atoms with Crippen LogP contribution in [0.2, 0.25) is 0 Å². The molecule has 0 heterocycles. The number of aromatic hydroxyl groups is 1. The van der Waals surface area contributed by atoms with Gasteiger partial charge < -0.3 is 5.11 Å². The fourth-order valence-electron chi connectivity index (χ4n) is 1.73. The van der Waals surface area contributed by atoms with Crippen molar-refractivity contribution in [2.75, 3.05) is 5.43 Å². The van der Waals surface area contributed by atoms with Gasteiger partial charge in [0.1, 0.15) is 11.4 Å². The Kier molecular flexibility index (Phi) is 5.46.